The Bertz CT molecular complexity index is 669. The molecule has 3 heteroatoms. The van der Waals surface area contributed by atoms with Gasteiger partial charge in [0, 0.05) is 18.1 Å². The van der Waals surface area contributed by atoms with Crippen molar-refractivity contribution < 1.29 is 4.74 Å². The number of nitrogens with zero attached hydrogens (tertiary/aromatic N) is 1. The summed E-state index contributed by atoms with van der Waals surface area (Å²) in [6.45, 7) is 3.92. The van der Waals surface area contributed by atoms with Gasteiger partial charge in [-0.25, -0.2) is 0 Å². The second-order valence-corrected chi connectivity index (χ2v) is 5.71. The molecule has 2 heterocycles. The largest absolute Gasteiger partial charge is 0.493 e. The number of ether oxygens (including phenoxy) is 1. The van der Waals surface area contributed by atoms with Crippen molar-refractivity contribution in [3.8, 4) is 5.75 Å². The van der Waals surface area contributed by atoms with Gasteiger partial charge in [-0.3, -0.25) is 0 Å². The van der Waals surface area contributed by atoms with Crippen LogP contribution in [0.3, 0.4) is 0 Å². The third kappa shape index (κ3) is 2.73. The van der Waals surface area contributed by atoms with Crippen molar-refractivity contribution in [3.63, 3.8) is 0 Å². The van der Waals surface area contributed by atoms with E-state index < -0.39 is 0 Å². The van der Waals surface area contributed by atoms with Crippen molar-refractivity contribution in [1.29, 1.82) is 0 Å². The summed E-state index contributed by atoms with van der Waals surface area (Å²) < 4.78 is 8.13. The molecule has 0 saturated carbocycles. The second-order valence-electron chi connectivity index (χ2n) is 4.93. The first kappa shape index (κ1) is 13.3. The Labute approximate surface area is 123 Å². The Balaban J connectivity index is 1.81. The lowest BCUT2D eigenvalue weighted by molar-refractivity contribution is 0.321. The van der Waals surface area contributed by atoms with Gasteiger partial charge in [0.15, 0.2) is 0 Å². The number of thiophene rings is 1. The first-order valence-corrected chi connectivity index (χ1v) is 8.04. The van der Waals surface area contributed by atoms with Crippen LogP contribution in [0.4, 0.5) is 0 Å². The fourth-order valence-electron chi connectivity index (χ4n) is 2.41. The molecule has 0 aliphatic heterocycles. The van der Waals surface area contributed by atoms with Crippen LogP contribution in [0.1, 0.15) is 18.9 Å². The van der Waals surface area contributed by atoms with Gasteiger partial charge in [-0.2, -0.15) is 11.3 Å². The molecule has 20 heavy (non-hydrogen) atoms. The van der Waals surface area contributed by atoms with E-state index in [0.717, 1.165) is 31.7 Å². The van der Waals surface area contributed by atoms with Gasteiger partial charge < -0.3 is 9.30 Å². The van der Waals surface area contributed by atoms with Gasteiger partial charge in [-0.1, -0.05) is 13.0 Å². The summed E-state index contributed by atoms with van der Waals surface area (Å²) in [5, 5.41) is 5.58. The van der Waals surface area contributed by atoms with Crippen molar-refractivity contribution in [2.45, 2.75) is 26.3 Å². The summed E-state index contributed by atoms with van der Waals surface area (Å²) in [5.74, 6) is 0.999. The molecule has 0 atom stereocenters. The van der Waals surface area contributed by atoms with Crippen LogP contribution in [-0.2, 0) is 13.0 Å². The monoisotopic (exact) mass is 285 g/mol. The topological polar surface area (TPSA) is 14.2 Å². The molecule has 0 spiro atoms. The van der Waals surface area contributed by atoms with Gasteiger partial charge in [0.1, 0.15) is 5.75 Å². The molecular weight excluding hydrogens is 266 g/mol. The number of hydrogen-bond donors (Lipinski definition) is 0. The molecule has 0 aliphatic rings. The molecule has 3 rings (SSSR count). The molecule has 0 amide bonds. The van der Waals surface area contributed by atoms with E-state index in [1.165, 1.54) is 16.5 Å². The average Bonchev–Trinajstić information content (AvgIpc) is 3.12. The van der Waals surface area contributed by atoms with Gasteiger partial charge in [-0.05, 0) is 53.4 Å². The smallest absolute Gasteiger partial charge is 0.128 e. The molecule has 2 nitrogen and oxygen atoms in total. The molecule has 0 bridgehead atoms. The Morgan fingerprint density at radius 1 is 1.20 bits per heavy atom. The predicted octanol–water partition coefficient (Wildman–Crippen LogP) is 4.73. The van der Waals surface area contributed by atoms with Gasteiger partial charge in [0.05, 0.1) is 12.1 Å². The van der Waals surface area contributed by atoms with E-state index in [0.29, 0.717) is 0 Å². The van der Waals surface area contributed by atoms with Crippen LogP contribution in [0.5, 0.6) is 5.75 Å². The quantitative estimate of drug-likeness (QED) is 0.638. The molecule has 0 fully saturated rings. The number of fused-ring (bicyclic) bond motifs is 1. The minimum Gasteiger partial charge on any atom is -0.493 e. The minimum atomic E-state index is 0.777. The summed E-state index contributed by atoms with van der Waals surface area (Å²) in [7, 11) is 0. The molecule has 104 valence electrons. The molecule has 1 aromatic carbocycles. The van der Waals surface area contributed by atoms with Crippen molar-refractivity contribution in [2.24, 2.45) is 0 Å². The predicted molar refractivity (Wildman–Crippen MR) is 85.7 cm³/mol. The number of hydrogen-bond acceptors (Lipinski definition) is 2. The molecule has 0 radical (unpaired) electrons. The number of benzene rings is 1. The standard InChI is InChI=1S/C17H19NOS/c1-2-11-19-17-5-3-4-16-15(17)7-10-18(16)9-6-14-8-12-20-13-14/h3-5,7-8,10,12-13H,2,6,9,11H2,1H3. The lowest BCUT2D eigenvalue weighted by Gasteiger charge is -2.08. The van der Waals surface area contributed by atoms with Crippen LogP contribution < -0.4 is 4.74 Å². The van der Waals surface area contributed by atoms with Crippen LogP contribution in [0.15, 0.2) is 47.3 Å². The molecule has 3 aromatic rings. The maximum Gasteiger partial charge on any atom is 0.128 e. The SMILES string of the molecule is CCCOc1cccc2c1ccn2CCc1ccsc1. The summed E-state index contributed by atoms with van der Waals surface area (Å²) >= 11 is 1.76. The summed E-state index contributed by atoms with van der Waals surface area (Å²) in [6.07, 6.45) is 4.28. The average molecular weight is 285 g/mol. The minimum absolute atomic E-state index is 0.777. The maximum absolute atomic E-state index is 5.82. The van der Waals surface area contributed by atoms with Crippen LogP contribution >= 0.6 is 11.3 Å². The van der Waals surface area contributed by atoms with E-state index in [1.807, 2.05) is 0 Å². The third-order valence-electron chi connectivity index (χ3n) is 3.46. The Morgan fingerprint density at radius 3 is 2.95 bits per heavy atom. The maximum atomic E-state index is 5.82. The fourth-order valence-corrected chi connectivity index (χ4v) is 3.12. The Morgan fingerprint density at radius 2 is 2.15 bits per heavy atom. The summed E-state index contributed by atoms with van der Waals surface area (Å²) in [5.41, 5.74) is 2.67. The van der Waals surface area contributed by atoms with Crippen LogP contribution in [0.25, 0.3) is 10.9 Å². The molecule has 0 N–H and O–H groups in total. The number of aryl methyl sites for hydroxylation is 2. The van der Waals surface area contributed by atoms with Crippen molar-refractivity contribution in [3.05, 3.63) is 52.9 Å². The zero-order valence-electron chi connectivity index (χ0n) is 11.7. The molecule has 2 aromatic heterocycles. The van der Waals surface area contributed by atoms with Crippen molar-refractivity contribution in [1.82, 2.24) is 4.57 Å². The zero-order chi connectivity index (χ0) is 13.8. The van der Waals surface area contributed by atoms with E-state index in [1.54, 1.807) is 11.3 Å². The lowest BCUT2D eigenvalue weighted by Crippen LogP contribution is -1.99. The molecular formula is C17H19NOS. The molecule has 0 unspecified atom stereocenters. The van der Waals surface area contributed by atoms with Crippen LogP contribution in [0.2, 0.25) is 0 Å². The Hall–Kier alpha value is -1.74. The van der Waals surface area contributed by atoms with E-state index in [2.05, 4.69) is 58.8 Å². The van der Waals surface area contributed by atoms with Gasteiger partial charge in [0.2, 0.25) is 0 Å². The van der Waals surface area contributed by atoms with Gasteiger partial charge in [0.25, 0.3) is 0 Å². The van der Waals surface area contributed by atoms with Gasteiger partial charge >= 0.3 is 0 Å². The van der Waals surface area contributed by atoms with E-state index in [-0.39, 0.29) is 0 Å². The van der Waals surface area contributed by atoms with Crippen LogP contribution in [-0.4, -0.2) is 11.2 Å². The van der Waals surface area contributed by atoms with Crippen molar-refractivity contribution >= 4 is 22.2 Å². The highest BCUT2D eigenvalue weighted by Crippen LogP contribution is 2.27. The van der Waals surface area contributed by atoms with E-state index >= 15 is 0 Å². The summed E-state index contributed by atoms with van der Waals surface area (Å²) in [6, 6.07) is 10.7. The molecule has 0 aliphatic carbocycles. The highest BCUT2D eigenvalue weighted by atomic mass is 32.1. The highest BCUT2D eigenvalue weighted by molar-refractivity contribution is 7.07. The first-order valence-electron chi connectivity index (χ1n) is 7.10. The molecule has 0 saturated heterocycles. The van der Waals surface area contributed by atoms with E-state index in [9.17, 15) is 0 Å². The van der Waals surface area contributed by atoms with Crippen LogP contribution in [0, 0.1) is 0 Å². The normalized spacial score (nSPS) is 11.1. The fraction of sp³-hybridized carbons (Fsp3) is 0.294. The lowest BCUT2D eigenvalue weighted by atomic mass is 10.2. The number of aromatic nitrogens is 1. The van der Waals surface area contributed by atoms with Gasteiger partial charge in [-0.15, -0.1) is 0 Å². The van der Waals surface area contributed by atoms with Crippen molar-refractivity contribution in [2.75, 3.05) is 6.61 Å². The second kappa shape index (κ2) is 6.14. The summed E-state index contributed by atoms with van der Waals surface area (Å²) in [4.78, 5) is 0. The Kier molecular flexibility index (Phi) is 4.07. The third-order valence-corrected chi connectivity index (χ3v) is 4.19. The highest BCUT2D eigenvalue weighted by Gasteiger charge is 2.06. The number of rotatable bonds is 6. The van der Waals surface area contributed by atoms with E-state index in [4.69, 9.17) is 4.74 Å². The first-order chi connectivity index (χ1) is 9.88. The zero-order valence-corrected chi connectivity index (χ0v) is 12.5.